The Bertz CT molecular complexity index is 2020. The van der Waals surface area contributed by atoms with E-state index in [2.05, 4.69) is 194 Å². The van der Waals surface area contributed by atoms with Gasteiger partial charge in [0, 0.05) is 33.8 Å². The lowest BCUT2D eigenvalue weighted by atomic mass is 10.0. The summed E-state index contributed by atoms with van der Waals surface area (Å²) in [6.07, 6.45) is 0.981. The molecule has 218 valence electrons. The topological polar surface area (TPSA) is 6.48 Å². The van der Waals surface area contributed by atoms with E-state index in [1.54, 1.807) is 0 Å². The zero-order chi connectivity index (χ0) is 30.6. The van der Waals surface area contributed by atoms with Crippen molar-refractivity contribution in [2.45, 2.75) is 20.3 Å². The monoisotopic (exact) mass is 580 g/mol. The van der Waals surface area contributed by atoms with Crippen LogP contribution in [0, 0.1) is 6.92 Å². The molecule has 0 saturated heterocycles. The van der Waals surface area contributed by atoms with Gasteiger partial charge in [-0.25, -0.2) is 0 Å². The van der Waals surface area contributed by atoms with Crippen molar-refractivity contribution < 1.29 is 0 Å². The second kappa shape index (κ2) is 12.6. The molecule has 0 aliphatic rings. The molecule has 0 atom stereocenters. The maximum Gasteiger partial charge on any atom is 0.0540 e. The Labute approximate surface area is 266 Å². The molecule has 0 aliphatic heterocycles. The molecule has 0 N–H and O–H groups in total. The fraction of sp³-hybridized carbons (Fsp3) is 0.0698. The van der Waals surface area contributed by atoms with Crippen molar-refractivity contribution >= 4 is 44.9 Å². The summed E-state index contributed by atoms with van der Waals surface area (Å²) in [5.74, 6) is 0. The largest absolute Gasteiger partial charge is 0.310 e. The van der Waals surface area contributed by atoms with Gasteiger partial charge in [-0.15, -0.1) is 0 Å². The van der Waals surface area contributed by atoms with Crippen LogP contribution in [0.3, 0.4) is 0 Å². The number of para-hydroxylation sites is 2. The Morgan fingerprint density at radius 1 is 0.400 bits per heavy atom. The fourth-order valence-corrected chi connectivity index (χ4v) is 6.37. The highest BCUT2D eigenvalue weighted by Crippen LogP contribution is 2.41. The molecule has 0 heterocycles. The summed E-state index contributed by atoms with van der Waals surface area (Å²) < 4.78 is 0. The predicted octanol–water partition coefficient (Wildman–Crippen LogP) is 12.3. The maximum absolute atomic E-state index is 2.38. The fourth-order valence-electron chi connectivity index (χ4n) is 6.37. The molecule has 0 aromatic heterocycles. The molecule has 0 aliphatic carbocycles. The number of rotatable bonds is 8. The minimum atomic E-state index is 0.981. The van der Waals surface area contributed by atoms with Crippen LogP contribution in [0.4, 0.5) is 34.1 Å². The number of benzene rings is 7. The van der Waals surface area contributed by atoms with E-state index >= 15 is 0 Å². The highest BCUT2D eigenvalue weighted by atomic mass is 15.1. The molecule has 7 rings (SSSR count). The Morgan fingerprint density at radius 2 is 0.844 bits per heavy atom. The van der Waals surface area contributed by atoms with E-state index in [-0.39, 0.29) is 0 Å². The molecule has 7 aromatic rings. The van der Waals surface area contributed by atoms with Gasteiger partial charge in [-0.1, -0.05) is 116 Å². The summed E-state index contributed by atoms with van der Waals surface area (Å²) in [7, 11) is 0. The van der Waals surface area contributed by atoms with Gasteiger partial charge in [-0.05, 0) is 102 Å². The first-order chi connectivity index (χ1) is 22.2. The third-order valence-corrected chi connectivity index (χ3v) is 8.60. The Kier molecular flexibility index (Phi) is 7.87. The van der Waals surface area contributed by atoms with Crippen LogP contribution in [0.1, 0.15) is 18.1 Å². The average Bonchev–Trinajstić information content (AvgIpc) is 3.10. The summed E-state index contributed by atoms with van der Waals surface area (Å²) in [5.41, 5.74) is 12.0. The standard InChI is InChI=1S/C43H36N2/c1-3-40-32(2)14-12-22-42(40)44(36-17-6-4-7-18-36)38-28-24-33(25-29-38)34-26-30-39(31-27-34)45(37-19-8-5-9-20-37)43-23-13-16-35-15-10-11-21-41(35)43/h4-31H,3H2,1-2H3. The van der Waals surface area contributed by atoms with Gasteiger partial charge in [-0.2, -0.15) is 0 Å². The van der Waals surface area contributed by atoms with Crippen LogP contribution in [0.15, 0.2) is 170 Å². The Balaban J connectivity index is 1.25. The van der Waals surface area contributed by atoms with Crippen molar-refractivity contribution in [3.63, 3.8) is 0 Å². The number of hydrogen-bond donors (Lipinski definition) is 0. The number of hydrogen-bond acceptors (Lipinski definition) is 2. The van der Waals surface area contributed by atoms with Gasteiger partial charge < -0.3 is 9.80 Å². The van der Waals surface area contributed by atoms with Crippen LogP contribution in [-0.2, 0) is 6.42 Å². The molecule has 0 spiro atoms. The van der Waals surface area contributed by atoms with Crippen LogP contribution in [-0.4, -0.2) is 0 Å². The van der Waals surface area contributed by atoms with E-state index in [0.717, 1.165) is 29.2 Å². The number of aryl methyl sites for hydroxylation is 1. The van der Waals surface area contributed by atoms with Gasteiger partial charge in [0.2, 0.25) is 0 Å². The van der Waals surface area contributed by atoms with Gasteiger partial charge in [0.1, 0.15) is 0 Å². The van der Waals surface area contributed by atoms with Crippen LogP contribution >= 0.6 is 0 Å². The second-order valence-electron chi connectivity index (χ2n) is 11.4. The van der Waals surface area contributed by atoms with Gasteiger partial charge in [0.15, 0.2) is 0 Å². The number of fused-ring (bicyclic) bond motifs is 1. The lowest BCUT2D eigenvalue weighted by Crippen LogP contribution is -2.12. The minimum Gasteiger partial charge on any atom is -0.310 e. The molecular formula is C43H36N2. The quantitative estimate of drug-likeness (QED) is 0.176. The van der Waals surface area contributed by atoms with Crippen molar-refractivity contribution in [2.24, 2.45) is 0 Å². The summed E-state index contributed by atoms with van der Waals surface area (Å²) >= 11 is 0. The van der Waals surface area contributed by atoms with Crippen molar-refractivity contribution in [1.82, 2.24) is 0 Å². The van der Waals surface area contributed by atoms with E-state index < -0.39 is 0 Å². The van der Waals surface area contributed by atoms with E-state index in [4.69, 9.17) is 0 Å². The molecule has 0 bridgehead atoms. The second-order valence-corrected chi connectivity index (χ2v) is 11.4. The molecule has 45 heavy (non-hydrogen) atoms. The van der Waals surface area contributed by atoms with Crippen LogP contribution in [0.25, 0.3) is 21.9 Å². The van der Waals surface area contributed by atoms with Gasteiger partial charge in [-0.3, -0.25) is 0 Å². The zero-order valence-corrected chi connectivity index (χ0v) is 25.8. The number of nitrogens with zero attached hydrogens (tertiary/aromatic N) is 2. The molecule has 2 heteroatoms. The third-order valence-electron chi connectivity index (χ3n) is 8.60. The first-order valence-electron chi connectivity index (χ1n) is 15.7. The van der Waals surface area contributed by atoms with Crippen LogP contribution in [0.2, 0.25) is 0 Å². The molecule has 0 saturated carbocycles. The molecule has 2 nitrogen and oxygen atoms in total. The van der Waals surface area contributed by atoms with Crippen molar-refractivity contribution in [1.29, 1.82) is 0 Å². The Morgan fingerprint density at radius 3 is 1.42 bits per heavy atom. The third kappa shape index (κ3) is 5.59. The summed E-state index contributed by atoms with van der Waals surface area (Å²) in [4.78, 5) is 4.72. The van der Waals surface area contributed by atoms with Crippen molar-refractivity contribution in [3.05, 3.63) is 181 Å². The van der Waals surface area contributed by atoms with Gasteiger partial charge in [0.25, 0.3) is 0 Å². The van der Waals surface area contributed by atoms with E-state index in [9.17, 15) is 0 Å². The predicted molar refractivity (Wildman–Crippen MR) is 193 cm³/mol. The molecule has 0 unspecified atom stereocenters. The van der Waals surface area contributed by atoms with E-state index in [1.807, 2.05) is 0 Å². The smallest absolute Gasteiger partial charge is 0.0540 e. The van der Waals surface area contributed by atoms with E-state index in [0.29, 0.717) is 0 Å². The normalized spacial score (nSPS) is 11.0. The van der Waals surface area contributed by atoms with Crippen molar-refractivity contribution in [2.75, 3.05) is 9.80 Å². The van der Waals surface area contributed by atoms with Crippen LogP contribution < -0.4 is 9.80 Å². The van der Waals surface area contributed by atoms with Gasteiger partial charge in [0.05, 0.1) is 5.69 Å². The van der Waals surface area contributed by atoms with E-state index in [1.165, 1.54) is 44.4 Å². The molecule has 7 aromatic carbocycles. The summed E-state index contributed by atoms with van der Waals surface area (Å²) in [6.45, 7) is 4.44. The highest BCUT2D eigenvalue weighted by molar-refractivity contribution is 5.99. The Hall–Kier alpha value is -5.60. The van der Waals surface area contributed by atoms with Gasteiger partial charge >= 0.3 is 0 Å². The summed E-state index contributed by atoms with van der Waals surface area (Å²) in [6, 6.07) is 60.9. The number of anilines is 6. The molecular weight excluding hydrogens is 544 g/mol. The molecule has 0 radical (unpaired) electrons. The minimum absolute atomic E-state index is 0.981. The zero-order valence-electron chi connectivity index (χ0n) is 25.8. The molecule has 0 fully saturated rings. The first kappa shape index (κ1) is 28.2. The van der Waals surface area contributed by atoms with Crippen molar-refractivity contribution in [3.8, 4) is 11.1 Å². The lowest BCUT2D eigenvalue weighted by molar-refractivity contribution is 1.09. The summed E-state index contributed by atoms with van der Waals surface area (Å²) in [5, 5.41) is 2.46. The first-order valence-corrected chi connectivity index (χ1v) is 15.7. The highest BCUT2D eigenvalue weighted by Gasteiger charge is 2.18. The molecule has 0 amide bonds. The average molecular weight is 581 g/mol. The SMILES string of the molecule is CCc1c(C)cccc1N(c1ccccc1)c1ccc(-c2ccc(N(c3ccccc3)c3cccc4ccccc34)cc2)cc1. The maximum atomic E-state index is 2.38. The lowest BCUT2D eigenvalue weighted by Gasteiger charge is -2.28. The van der Waals surface area contributed by atoms with Crippen LogP contribution in [0.5, 0.6) is 0 Å².